The van der Waals surface area contributed by atoms with E-state index in [1.807, 2.05) is 0 Å². The lowest BCUT2D eigenvalue weighted by Crippen LogP contribution is -2.08. The Hall–Kier alpha value is -0.150. The SMILES string of the molecule is ClNNc1cc(Cl)ccc1Cl. The normalized spacial score (nSPS) is 9.73. The van der Waals surface area contributed by atoms with Gasteiger partial charge in [-0.15, -0.1) is 4.94 Å². The molecule has 0 radical (unpaired) electrons. The van der Waals surface area contributed by atoms with Crippen molar-refractivity contribution >= 4 is 40.7 Å². The summed E-state index contributed by atoms with van der Waals surface area (Å²) in [6, 6.07) is 5.04. The first-order valence-electron chi connectivity index (χ1n) is 2.80. The summed E-state index contributed by atoms with van der Waals surface area (Å²) in [5.74, 6) is 0. The lowest BCUT2D eigenvalue weighted by atomic mass is 10.3. The second kappa shape index (κ2) is 4.02. The van der Waals surface area contributed by atoms with E-state index < -0.39 is 0 Å². The molecule has 2 N–H and O–H groups in total. The molecule has 1 aromatic rings. The standard InChI is InChI=1S/C6H5Cl3N2/c7-4-1-2-5(8)6(3-4)10-11-9/h1-3,10-11H. The van der Waals surface area contributed by atoms with Crippen molar-refractivity contribution < 1.29 is 0 Å². The molecule has 0 amide bonds. The fourth-order valence-corrected chi connectivity index (χ4v) is 1.08. The number of hydrogen-bond acceptors (Lipinski definition) is 2. The molecule has 11 heavy (non-hydrogen) atoms. The molecule has 2 nitrogen and oxygen atoms in total. The van der Waals surface area contributed by atoms with Crippen LogP contribution in [0.25, 0.3) is 0 Å². The highest BCUT2D eigenvalue weighted by atomic mass is 35.5. The first kappa shape index (κ1) is 8.94. The maximum atomic E-state index is 5.76. The fraction of sp³-hybridized carbons (Fsp3) is 0. The van der Waals surface area contributed by atoms with Gasteiger partial charge in [-0.2, -0.15) is 0 Å². The van der Waals surface area contributed by atoms with Gasteiger partial charge in [0.25, 0.3) is 0 Å². The van der Waals surface area contributed by atoms with Crippen molar-refractivity contribution in [3.05, 3.63) is 28.2 Å². The van der Waals surface area contributed by atoms with E-state index in [1.165, 1.54) is 0 Å². The van der Waals surface area contributed by atoms with Crippen LogP contribution in [0.2, 0.25) is 10.0 Å². The number of anilines is 1. The van der Waals surface area contributed by atoms with Crippen molar-refractivity contribution in [2.45, 2.75) is 0 Å². The summed E-state index contributed by atoms with van der Waals surface area (Å²) in [6.45, 7) is 0. The number of rotatable bonds is 2. The van der Waals surface area contributed by atoms with Crippen LogP contribution < -0.4 is 10.4 Å². The smallest absolute Gasteiger partial charge is 0.0701 e. The number of halogens is 3. The Morgan fingerprint density at radius 2 is 1.91 bits per heavy atom. The molecular formula is C6H5Cl3N2. The van der Waals surface area contributed by atoms with E-state index in [0.29, 0.717) is 15.7 Å². The van der Waals surface area contributed by atoms with Crippen LogP contribution >= 0.6 is 35.0 Å². The average molecular weight is 211 g/mol. The van der Waals surface area contributed by atoms with E-state index >= 15 is 0 Å². The van der Waals surface area contributed by atoms with Gasteiger partial charge in [-0.3, -0.25) is 0 Å². The van der Waals surface area contributed by atoms with Gasteiger partial charge < -0.3 is 5.43 Å². The predicted octanol–water partition coefficient (Wildman–Crippen LogP) is 3.06. The third-order valence-electron chi connectivity index (χ3n) is 1.11. The van der Waals surface area contributed by atoms with Crippen LogP contribution in [0.4, 0.5) is 5.69 Å². The summed E-state index contributed by atoms with van der Waals surface area (Å²) in [4.78, 5) is 2.23. The van der Waals surface area contributed by atoms with Gasteiger partial charge in [0, 0.05) is 5.02 Å². The van der Waals surface area contributed by atoms with Crippen molar-refractivity contribution in [2.24, 2.45) is 0 Å². The summed E-state index contributed by atoms with van der Waals surface area (Å²) >= 11 is 16.6. The minimum Gasteiger partial charge on any atom is -0.306 e. The molecule has 60 valence electrons. The summed E-state index contributed by atoms with van der Waals surface area (Å²) in [5.41, 5.74) is 3.26. The van der Waals surface area contributed by atoms with Crippen molar-refractivity contribution in [1.29, 1.82) is 0 Å². The molecular weight excluding hydrogens is 206 g/mol. The zero-order valence-corrected chi connectivity index (χ0v) is 7.63. The van der Waals surface area contributed by atoms with E-state index in [0.717, 1.165) is 0 Å². The summed E-state index contributed by atoms with van der Waals surface area (Å²) in [5, 5.41) is 1.16. The molecule has 0 saturated heterocycles. The second-order valence-corrected chi connectivity index (χ2v) is 2.88. The zero-order valence-electron chi connectivity index (χ0n) is 5.37. The van der Waals surface area contributed by atoms with E-state index in [9.17, 15) is 0 Å². The highest BCUT2D eigenvalue weighted by Crippen LogP contribution is 2.24. The molecule has 0 heterocycles. The molecule has 0 atom stereocenters. The Bertz CT molecular complexity index is 252. The second-order valence-electron chi connectivity index (χ2n) is 1.84. The topological polar surface area (TPSA) is 24.1 Å². The lowest BCUT2D eigenvalue weighted by Gasteiger charge is -2.04. The monoisotopic (exact) mass is 210 g/mol. The first-order chi connectivity index (χ1) is 5.24. The van der Waals surface area contributed by atoms with Crippen LogP contribution in [-0.2, 0) is 0 Å². The molecule has 0 bridgehead atoms. The Kier molecular flexibility index (Phi) is 3.27. The zero-order chi connectivity index (χ0) is 8.27. The molecule has 0 saturated carbocycles. The summed E-state index contributed by atoms with van der Waals surface area (Å²) < 4.78 is 0. The van der Waals surface area contributed by atoms with Gasteiger partial charge in [0.15, 0.2) is 0 Å². The highest BCUT2D eigenvalue weighted by Gasteiger charge is 1.98. The molecule has 0 aliphatic heterocycles. The van der Waals surface area contributed by atoms with E-state index in [1.54, 1.807) is 18.2 Å². The molecule has 0 aromatic heterocycles. The fourth-order valence-electron chi connectivity index (χ4n) is 0.644. The molecule has 0 aliphatic rings. The third-order valence-corrected chi connectivity index (χ3v) is 1.77. The van der Waals surface area contributed by atoms with Gasteiger partial charge >= 0.3 is 0 Å². The highest BCUT2D eigenvalue weighted by molar-refractivity contribution is 6.35. The van der Waals surface area contributed by atoms with Crippen LogP contribution in [0.3, 0.4) is 0 Å². The van der Waals surface area contributed by atoms with Gasteiger partial charge in [-0.05, 0) is 30.0 Å². The Morgan fingerprint density at radius 3 is 2.55 bits per heavy atom. The Labute approximate surface area is 79.5 Å². The number of hydrogen-bond donors (Lipinski definition) is 2. The summed E-state index contributed by atoms with van der Waals surface area (Å²) in [6.07, 6.45) is 0. The van der Waals surface area contributed by atoms with Crippen molar-refractivity contribution in [2.75, 3.05) is 5.43 Å². The van der Waals surface area contributed by atoms with E-state index in [4.69, 9.17) is 35.0 Å². The van der Waals surface area contributed by atoms with Crippen molar-refractivity contribution in [1.82, 2.24) is 4.94 Å². The van der Waals surface area contributed by atoms with Crippen LogP contribution in [0.1, 0.15) is 0 Å². The molecule has 1 aromatic carbocycles. The Morgan fingerprint density at radius 1 is 1.18 bits per heavy atom. The van der Waals surface area contributed by atoms with E-state index in [-0.39, 0.29) is 0 Å². The molecule has 0 aliphatic carbocycles. The molecule has 5 heteroatoms. The van der Waals surface area contributed by atoms with E-state index in [2.05, 4.69) is 10.4 Å². The quantitative estimate of drug-likeness (QED) is 0.580. The molecule has 0 spiro atoms. The summed E-state index contributed by atoms with van der Waals surface area (Å²) in [7, 11) is 0. The Balaban J connectivity index is 2.93. The number of benzene rings is 1. The largest absolute Gasteiger partial charge is 0.306 e. The predicted molar refractivity (Wildman–Crippen MR) is 49.1 cm³/mol. The average Bonchev–Trinajstić information content (AvgIpc) is 1.98. The number of nitrogens with one attached hydrogen (secondary N) is 2. The molecule has 0 unspecified atom stereocenters. The number of hydrazine groups is 1. The van der Waals surface area contributed by atoms with Gasteiger partial charge in [0.05, 0.1) is 10.7 Å². The minimum atomic E-state index is 0.558. The van der Waals surface area contributed by atoms with Crippen LogP contribution in [-0.4, -0.2) is 0 Å². The van der Waals surface area contributed by atoms with Crippen LogP contribution in [0.5, 0.6) is 0 Å². The van der Waals surface area contributed by atoms with Crippen LogP contribution in [0.15, 0.2) is 18.2 Å². The maximum absolute atomic E-state index is 5.76. The third kappa shape index (κ3) is 2.42. The minimum absolute atomic E-state index is 0.558. The van der Waals surface area contributed by atoms with Gasteiger partial charge in [0.1, 0.15) is 0 Å². The van der Waals surface area contributed by atoms with Crippen molar-refractivity contribution in [3.63, 3.8) is 0 Å². The first-order valence-corrected chi connectivity index (χ1v) is 3.94. The van der Waals surface area contributed by atoms with Crippen molar-refractivity contribution in [3.8, 4) is 0 Å². The van der Waals surface area contributed by atoms with Gasteiger partial charge in [0.2, 0.25) is 0 Å². The van der Waals surface area contributed by atoms with Gasteiger partial charge in [-0.1, -0.05) is 23.2 Å². The van der Waals surface area contributed by atoms with Gasteiger partial charge in [-0.25, -0.2) is 0 Å². The molecule has 1 rings (SSSR count). The van der Waals surface area contributed by atoms with Crippen LogP contribution in [0, 0.1) is 0 Å². The molecule has 0 fully saturated rings. The maximum Gasteiger partial charge on any atom is 0.0701 e. The lowest BCUT2D eigenvalue weighted by molar-refractivity contribution is 1.20.